The van der Waals surface area contributed by atoms with Crippen molar-refractivity contribution in [1.82, 2.24) is 5.32 Å². The number of halogens is 1. The van der Waals surface area contributed by atoms with Gasteiger partial charge in [-0.2, -0.15) is 0 Å². The Hall–Kier alpha value is -1.80. The SMILES string of the molecule is CC(C)(C)OC(=O)NCC(=O)Nc1ccc(Br)cc1NCCO. The molecule has 0 saturated heterocycles. The largest absolute Gasteiger partial charge is 0.444 e. The smallest absolute Gasteiger partial charge is 0.408 e. The van der Waals surface area contributed by atoms with Gasteiger partial charge < -0.3 is 25.8 Å². The van der Waals surface area contributed by atoms with Crippen molar-refractivity contribution in [1.29, 1.82) is 0 Å². The van der Waals surface area contributed by atoms with E-state index in [-0.39, 0.29) is 19.1 Å². The summed E-state index contributed by atoms with van der Waals surface area (Å²) in [6.45, 7) is 5.36. The monoisotopic (exact) mass is 387 g/mol. The molecule has 0 atom stereocenters. The average molecular weight is 388 g/mol. The van der Waals surface area contributed by atoms with E-state index >= 15 is 0 Å². The Morgan fingerprint density at radius 1 is 1.26 bits per heavy atom. The summed E-state index contributed by atoms with van der Waals surface area (Å²) in [7, 11) is 0. The lowest BCUT2D eigenvalue weighted by Gasteiger charge is -2.19. The number of alkyl carbamates (subject to hydrolysis) is 1. The van der Waals surface area contributed by atoms with E-state index in [1.165, 1.54) is 0 Å². The van der Waals surface area contributed by atoms with Crippen molar-refractivity contribution in [3.05, 3.63) is 22.7 Å². The molecule has 0 bridgehead atoms. The minimum atomic E-state index is -0.651. The highest BCUT2D eigenvalue weighted by atomic mass is 79.9. The highest BCUT2D eigenvalue weighted by Crippen LogP contribution is 2.25. The van der Waals surface area contributed by atoms with Gasteiger partial charge in [0.1, 0.15) is 12.1 Å². The van der Waals surface area contributed by atoms with Crippen LogP contribution in [0.25, 0.3) is 0 Å². The first-order valence-corrected chi connectivity index (χ1v) is 7.91. The van der Waals surface area contributed by atoms with Crippen LogP contribution in [-0.2, 0) is 9.53 Å². The summed E-state index contributed by atoms with van der Waals surface area (Å²) in [6.07, 6.45) is -0.651. The second kappa shape index (κ2) is 8.73. The molecule has 4 N–H and O–H groups in total. The molecule has 1 aromatic carbocycles. The van der Waals surface area contributed by atoms with Gasteiger partial charge in [-0.15, -0.1) is 0 Å². The van der Waals surface area contributed by atoms with E-state index in [1.807, 2.05) is 0 Å². The standard InChI is InChI=1S/C15H22BrN3O4/c1-15(2,3)23-14(22)18-9-13(21)19-11-5-4-10(16)8-12(11)17-6-7-20/h4-5,8,17,20H,6-7,9H2,1-3H3,(H,18,22)(H,19,21). The van der Waals surface area contributed by atoms with Crippen molar-refractivity contribution in [2.75, 3.05) is 30.3 Å². The van der Waals surface area contributed by atoms with Gasteiger partial charge in [-0.05, 0) is 39.0 Å². The van der Waals surface area contributed by atoms with Crippen molar-refractivity contribution < 1.29 is 19.4 Å². The second-order valence-electron chi connectivity index (χ2n) is 5.74. The van der Waals surface area contributed by atoms with E-state index in [4.69, 9.17) is 9.84 Å². The molecule has 0 radical (unpaired) electrons. The molecule has 0 aromatic heterocycles. The lowest BCUT2D eigenvalue weighted by Crippen LogP contribution is -2.37. The van der Waals surface area contributed by atoms with Gasteiger partial charge in [-0.25, -0.2) is 4.79 Å². The molecular weight excluding hydrogens is 366 g/mol. The van der Waals surface area contributed by atoms with Gasteiger partial charge in [0.25, 0.3) is 0 Å². The number of aliphatic hydroxyl groups is 1. The number of amides is 2. The van der Waals surface area contributed by atoms with E-state index in [2.05, 4.69) is 31.9 Å². The number of nitrogens with one attached hydrogen (secondary N) is 3. The molecule has 0 fully saturated rings. The van der Waals surface area contributed by atoms with Crippen LogP contribution in [-0.4, -0.2) is 42.4 Å². The van der Waals surface area contributed by atoms with Crippen LogP contribution < -0.4 is 16.0 Å². The first kappa shape index (κ1) is 19.2. The molecule has 0 spiro atoms. The van der Waals surface area contributed by atoms with Crippen LogP contribution in [0.1, 0.15) is 20.8 Å². The van der Waals surface area contributed by atoms with Crippen LogP contribution in [0.3, 0.4) is 0 Å². The molecule has 23 heavy (non-hydrogen) atoms. The predicted octanol–water partition coefficient (Wildman–Crippen LogP) is 2.32. The molecule has 0 heterocycles. The van der Waals surface area contributed by atoms with Crippen molar-refractivity contribution in [3.63, 3.8) is 0 Å². The summed E-state index contributed by atoms with van der Waals surface area (Å²) < 4.78 is 5.89. The van der Waals surface area contributed by atoms with E-state index in [0.29, 0.717) is 17.9 Å². The van der Waals surface area contributed by atoms with Gasteiger partial charge >= 0.3 is 6.09 Å². The quantitative estimate of drug-likeness (QED) is 0.600. The fourth-order valence-electron chi connectivity index (χ4n) is 1.62. The van der Waals surface area contributed by atoms with Crippen molar-refractivity contribution >= 4 is 39.3 Å². The highest BCUT2D eigenvalue weighted by Gasteiger charge is 2.16. The Labute approximate surface area is 143 Å². The Morgan fingerprint density at radius 3 is 2.57 bits per heavy atom. The van der Waals surface area contributed by atoms with Gasteiger partial charge in [0.15, 0.2) is 0 Å². The number of carbonyl (C=O) groups is 2. The van der Waals surface area contributed by atoms with Crippen LogP contribution >= 0.6 is 15.9 Å². The first-order valence-electron chi connectivity index (χ1n) is 7.12. The lowest BCUT2D eigenvalue weighted by atomic mass is 10.2. The van der Waals surface area contributed by atoms with Gasteiger partial charge in [-0.3, -0.25) is 4.79 Å². The Kier molecular flexibility index (Phi) is 7.31. The molecule has 0 aliphatic carbocycles. The third-order valence-corrected chi connectivity index (χ3v) is 2.97. The van der Waals surface area contributed by atoms with Crippen LogP contribution in [0.5, 0.6) is 0 Å². The van der Waals surface area contributed by atoms with E-state index in [9.17, 15) is 9.59 Å². The fourth-order valence-corrected chi connectivity index (χ4v) is 1.98. The molecule has 0 aliphatic heterocycles. The molecular formula is C15H22BrN3O4. The van der Waals surface area contributed by atoms with Crippen LogP contribution in [0, 0.1) is 0 Å². The normalized spacial score (nSPS) is 10.8. The third kappa shape index (κ3) is 7.85. The molecule has 0 saturated carbocycles. The zero-order valence-corrected chi connectivity index (χ0v) is 15.0. The Bertz CT molecular complexity index is 558. The zero-order valence-electron chi connectivity index (χ0n) is 13.4. The molecule has 0 unspecified atom stereocenters. The predicted molar refractivity (Wildman–Crippen MR) is 92.6 cm³/mol. The maximum Gasteiger partial charge on any atom is 0.408 e. The fraction of sp³-hybridized carbons (Fsp3) is 0.467. The molecule has 2 amide bonds. The van der Waals surface area contributed by atoms with Crippen LogP contribution in [0.4, 0.5) is 16.2 Å². The Morgan fingerprint density at radius 2 is 1.96 bits per heavy atom. The van der Waals surface area contributed by atoms with Gasteiger partial charge in [0.2, 0.25) is 5.91 Å². The third-order valence-electron chi connectivity index (χ3n) is 2.48. The summed E-state index contributed by atoms with van der Waals surface area (Å²) in [5, 5.41) is 17.0. The number of hydrogen-bond donors (Lipinski definition) is 4. The molecule has 0 aliphatic rings. The molecule has 8 heteroatoms. The number of carbonyl (C=O) groups excluding carboxylic acids is 2. The first-order chi connectivity index (χ1) is 10.7. The molecule has 7 nitrogen and oxygen atoms in total. The number of anilines is 2. The topological polar surface area (TPSA) is 99.7 Å². The summed E-state index contributed by atoms with van der Waals surface area (Å²) in [4.78, 5) is 23.4. The van der Waals surface area contributed by atoms with Crippen LogP contribution in [0.15, 0.2) is 22.7 Å². The minimum absolute atomic E-state index is 0.0277. The van der Waals surface area contributed by atoms with Gasteiger partial charge in [0.05, 0.1) is 18.0 Å². The number of aliphatic hydroxyl groups excluding tert-OH is 1. The van der Waals surface area contributed by atoms with Crippen LogP contribution in [0.2, 0.25) is 0 Å². The molecule has 1 rings (SSSR count). The zero-order chi connectivity index (χ0) is 17.5. The summed E-state index contributed by atoms with van der Waals surface area (Å²) in [5.41, 5.74) is 0.602. The van der Waals surface area contributed by atoms with Crippen molar-refractivity contribution in [2.45, 2.75) is 26.4 Å². The number of ether oxygens (including phenoxy) is 1. The van der Waals surface area contributed by atoms with Crippen molar-refractivity contribution in [3.8, 4) is 0 Å². The Balaban J connectivity index is 2.58. The van der Waals surface area contributed by atoms with Crippen molar-refractivity contribution in [2.24, 2.45) is 0 Å². The maximum absolute atomic E-state index is 11.9. The number of benzene rings is 1. The number of hydrogen-bond acceptors (Lipinski definition) is 5. The lowest BCUT2D eigenvalue weighted by molar-refractivity contribution is -0.115. The average Bonchev–Trinajstić information content (AvgIpc) is 2.43. The molecule has 128 valence electrons. The summed E-state index contributed by atoms with van der Waals surface area (Å²) >= 11 is 3.34. The van der Waals surface area contributed by atoms with E-state index < -0.39 is 11.7 Å². The van der Waals surface area contributed by atoms with Gasteiger partial charge in [-0.1, -0.05) is 15.9 Å². The maximum atomic E-state index is 11.9. The molecule has 1 aromatic rings. The van der Waals surface area contributed by atoms with Gasteiger partial charge in [0, 0.05) is 11.0 Å². The summed E-state index contributed by atoms with van der Waals surface area (Å²) in [6, 6.07) is 5.28. The van der Waals surface area contributed by atoms with E-state index in [1.54, 1.807) is 39.0 Å². The number of rotatable bonds is 6. The summed E-state index contributed by atoms with van der Waals surface area (Å²) in [5.74, 6) is -0.384. The van der Waals surface area contributed by atoms with E-state index in [0.717, 1.165) is 4.47 Å². The minimum Gasteiger partial charge on any atom is -0.444 e. The second-order valence-corrected chi connectivity index (χ2v) is 6.66. The highest BCUT2D eigenvalue weighted by molar-refractivity contribution is 9.10.